The number of amides is 1. The smallest absolute Gasteiger partial charge is 0.253 e. The molecule has 5 rings (SSSR count). The first-order valence-corrected chi connectivity index (χ1v) is 10.9. The Morgan fingerprint density at radius 3 is 2.55 bits per heavy atom. The number of hydrogen-bond acceptors (Lipinski definition) is 5. The minimum atomic E-state index is -0.354. The second-order valence-electron chi connectivity index (χ2n) is 8.04. The molecule has 4 heterocycles. The van der Waals surface area contributed by atoms with Gasteiger partial charge in [-0.25, -0.2) is 14.4 Å². The van der Waals surface area contributed by atoms with Gasteiger partial charge in [0, 0.05) is 54.9 Å². The van der Waals surface area contributed by atoms with Crippen LogP contribution in [-0.2, 0) is 0 Å². The zero-order valence-electron chi connectivity index (χ0n) is 17.9. The highest BCUT2D eigenvalue weighted by atomic mass is 19.1. The van der Waals surface area contributed by atoms with Crippen molar-refractivity contribution in [3.8, 4) is 22.6 Å². The summed E-state index contributed by atoms with van der Waals surface area (Å²) in [6.07, 6.45) is 8.82. The topological polar surface area (TPSA) is 71.9 Å². The van der Waals surface area contributed by atoms with Crippen LogP contribution in [0.25, 0.3) is 22.6 Å². The van der Waals surface area contributed by atoms with Gasteiger partial charge in [0.05, 0.1) is 5.69 Å². The first-order valence-electron chi connectivity index (χ1n) is 10.9. The van der Waals surface area contributed by atoms with Gasteiger partial charge in [0.2, 0.25) is 0 Å². The van der Waals surface area contributed by atoms with Crippen LogP contribution >= 0.6 is 0 Å². The number of piperidine rings is 1. The summed E-state index contributed by atoms with van der Waals surface area (Å²) in [5, 5.41) is 0. The maximum absolute atomic E-state index is 13.3. The number of likely N-dealkylation sites (tertiary alicyclic amines) is 1. The lowest BCUT2D eigenvalue weighted by Gasteiger charge is -2.33. The molecule has 0 aliphatic carbocycles. The van der Waals surface area contributed by atoms with Crippen LogP contribution in [0.3, 0.4) is 0 Å². The van der Waals surface area contributed by atoms with Crippen LogP contribution in [0.1, 0.15) is 34.8 Å². The maximum Gasteiger partial charge on any atom is 0.253 e. The van der Waals surface area contributed by atoms with E-state index in [9.17, 15) is 9.18 Å². The molecular formula is C26H22FN5O. The molecule has 3 aromatic heterocycles. The fourth-order valence-corrected chi connectivity index (χ4v) is 4.24. The molecule has 0 saturated carbocycles. The highest BCUT2D eigenvalue weighted by molar-refractivity contribution is 5.94. The number of carbonyl (C=O) groups is 1. The Morgan fingerprint density at radius 2 is 1.79 bits per heavy atom. The summed E-state index contributed by atoms with van der Waals surface area (Å²) in [6.45, 7) is 1.20. The van der Waals surface area contributed by atoms with Crippen molar-refractivity contribution in [2.75, 3.05) is 13.1 Å². The lowest BCUT2D eigenvalue weighted by Crippen LogP contribution is -2.39. The summed E-state index contributed by atoms with van der Waals surface area (Å²) in [6, 6.07) is 15.2. The van der Waals surface area contributed by atoms with Crippen LogP contribution in [0.15, 0.2) is 79.4 Å². The molecule has 1 aliphatic rings. The molecule has 1 unspecified atom stereocenters. The first-order chi connectivity index (χ1) is 16.2. The molecule has 7 heteroatoms. The Hall–Kier alpha value is -4.00. The zero-order valence-corrected chi connectivity index (χ0v) is 17.9. The minimum Gasteiger partial charge on any atom is -0.338 e. The van der Waals surface area contributed by atoms with Crippen molar-refractivity contribution < 1.29 is 9.18 Å². The van der Waals surface area contributed by atoms with E-state index in [-0.39, 0.29) is 17.6 Å². The van der Waals surface area contributed by atoms with Crippen molar-refractivity contribution in [1.82, 2.24) is 24.8 Å². The Balaban J connectivity index is 1.50. The second kappa shape index (κ2) is 9.24. The van der Waals surface area contributed by atoms with Gasteiger partial charge in [0.15, 0.2) is 5.82 Å². The van der Waals surface area contributed by atoms with Gasteiger partial charge in [-0.2, -0.15) is 0 Å². The van der Waals surface area contributed by atoms with Crippen molar-refractivity contribution in [3.63, 3.8) is 0 Å². The number of hydrogen-bond donors (Lipinski definition) is 0. The van der Waals surface area contributed by atoms with E-state index in [2.05, 4.69) is 15.0 Å². The van der Waals surface area contributed by atoms with Gasteiger partial charge < -0.3 is 4.90 Å². The minimum absolute atomic E-state index is 0.0387. The van der Waals surface area contributed by atoms with Gasteiger partial charge in [-0.3, -0.25) is 14.8 Å². The molecule has 1 aromatic carbocycles. The van der Waals surface area contributed by atoms with Gasteiger partial charge in [-0.05, 0) is 66.9 Å². The van der Waals surface area contributed by atoms with Crippen molar-refractivity contribution >= 4 is 5.91 Å². The van der Waals surface area contributed by atoms with Gasteiger partial charge in [0.1, 0.15) is 11.5 Å². The molecule has 0 bridgehead atoms. The van der Waals surface area contributed by atoms with Crippen molar-refractivity contribution in [3.05, 3.63) is 96.5 Å². The Labute approximate surface area is 191 Å². The van der Waals surface area contributed by atoms with Crippen LogP contribution < -0.4 is 0 Å². The lowest BCUT2D eigenvalue weighted by molar-refractivity contribution is 0.0706. The first kappa shape index (κ1) is 20.9. The summed E-state index contributed by atoms with van der Waals surface area (Å²) < 4.78 is 13.3. The number of aromatic nitrogens is 4. The molecule has 1 aliphatic heterocycles. The Morgan fingerprint density at radius 1 is 0.970 bits per heavy atom. The van der Waals surface area contributed by atoms with Crippen LogP contribution in [0.4, 0.5) is 4.39 Å². The highest BCUT2D eigenvalue weighted by Gasteiger charge is 2.29. The Kier molecular flexibility index (Phi) is 5.85. The molecule has 6 nitrogen and oxygen atoms in total. The molecule has 1 amide bonds. The molecule has 4 aromatic rings. The number of halogens is 1. The van der Waals surface area contributed by atoms with E-state index in [0.29, 0.717) is 30.2 Å². The molecule has 1 saturated heterocycles. The fourth-order valence-electron chi connectivity index (χ4n) is 4.24. The van der Waals surface area contributed by atoms with Gasteiger partial charge in [-0.1, -0.05) is 6.07 Å². The van der Waals surface area contributed by atoms with Crippen LogP contribution in [-0.4, -0.2) is 43.8 Å². The molecule has 33 heavy (non-hydrogen) atoms. The normalized spacial score (nSPS) is 15.9. The van der Waals surface area contributed by atoms with Crippen LogP contribution in [0.5, 0.6) is 0 Å². The standard InChI is InChI=1S/C26H22FN5O/c27-21-8-6-19(7-9-21)26(33)32-15-3-4-20(17-32)24-22(18-10-13-28-14-11-18)16-30-25(31-24)23-5-1-2-12-29-23/h1-2,5-14,16,20H,3-4,15,17H2. The van der Waals surface area contributed by atoms with E-state index in [4.69, 9.17) is 4.98 Å². The van der Waals surface area contributed by atoms with Crippen LogP contribution in [0.2, 0.25) is 0 Å². The van der Waals surface area contributed by atoms with E-state index >= 15 is 0 Å². The van der Waals surface area contributed by atoms with Crippen LogP contribution in [0, 0.1) is 5.82 Å². The van der Waals surface area contributed by atoms with Gasteiger partial charge in [0.25, 0.3) is 5.91 Å². The average molecular weight is 439 g/mol. The molecule has 164 valence electrons. The third-order valence-corrected chi connectivity index (χ3v) is 5.89. The van der Waals surface area contributed by atoms with E-state index in [1.54, 1.807) is 18.6 Å². The summed E-state index contributed by atoms with van der Waals surface area (Å²) >= 11 is 0. The average Bonchev–Trinajstić information content (AvgIpc) is 2.89. The maximum atomic E-state index is 13.3. The fraction of sp³-hybridized carbons (Fsp3) is 0.192. The van der Waals surface area contributed by atoms with E-state index in [1.165, 1.54) is 24.3 Å². The molecule has 1 fully saturated rings. The largest absolute Gasteiger partial charge is 0.338 e. The number of benzene rings is 1. The third-order valence-electron chi connectivity index (χ3n) is 5.89. The quantitative estimate of drug-likeness (QED) is 0.459. The van der Waals surface area contributed by atoms with Gasteiger partial charge >= 0.3 is 0 Å². The molecule has 0 radical (unpaired) electrons. The SMILES string of the molecule is O=C(c1ccc(F)cc1)N1CCCC(c2nc(-c3ccccn3)ncc2-c2ccncc2)C1. The molecule has 0 spiro atoms. The lowest BCUT2D eigenvalue weighted by atomic mass is 9.89. The van der Waals surface area contributed by atoms with E-state index in [0.717, 1.165) is 29.7 Å². The predicted molar refractivity (Wildman–Crippen MR) is 123 cm³/mol. The third kappa shape index (κ3) is 4.48. The van der Waals surface area contributed by atoms with E-state index < -0.39 is 0 Å². The summed E-state index contributed by atoms with van der Waals surface area (Å²) in [7, 11) is 0. The number of rotatable bonds is 4. The zero-order chi connectivity index (χ0) is 22.6. The Bertz CT molecular complexity index is 1250. The summed E-state index contributed by atoms with van der Waals surface area (Å²) in [5.41, 5.74) is 4.00. The second-order valence-corrected chi connectivity index (χ2v) is 8.04. The predicted octanol–water partition coefficient (Wildman–Crippen LogP) is 4.76. The van der Waals surface area contributed by atoms with Gasteiger partial charge in [-0.15, -0.1) is 0 Å². The van der Waals surface area contributed by atoms with E-state index in [1.807, 2.05) is 41.4 Å². The molecular weight excluding hydrogens is 417 g/mol. The van der Waals surface area contributed by atoms with Crippen molar-refractivity contribution in [2.45, 2.75) is 18.8 Å². The molecule has 0 N–H and O–H groups in total. The van der Waals surface area contributed by atoms with Crippen molar-refractivity contribution in [2.24, 2.45) is 0 Å². The number of nitrogens with zero attached hydrogens (tertiary/aromatic N) is 5. The number of pyridine rings is 2. The number of carbonyl (C=O) groups excluding carboxylic acids is 1. The van der Waals surface area contributed by atoms with Crippen molar-refractivity contribution in [1.29, 1.82) is 0 Å². The highest BCUT2D eigenvalue weighted by Crippen LogP contribution is 2.34. The summed E-state index contributed by atoms with van der Waals surface area (Å²) in [5.74, 6) is 0.152. The monoisotopic (exact) mass is 439 g/mol. The summed E-state index contributed by atoms with van der Waals surface area (Å²) in [4.78, 5) is 33.0. The molecule has 1 atom stereocenters.